The molecule has 120 valence electrons. The molecule has 0 spiro atoms. The third-order valence-electron chi connectivity index (χ3n) is 6.08. The Balaban J connectivity index is 1.74. The molecule has 3 N–H and O–H groups in total. The van der Waals surface area contributed by atoms with Gasteiger partial charge in [-0.1, -0.05) is 27.7 Å². The molecule has 4 rings (SSSR count). The first kappa shape index (κ1) is 15.3. The molecule has 1 amide bonds. The molecule has 4 saturated carbocycles. The van der Waals surface area contributed by atoms with Gasteiger partial charge in [0.05, 0.1) is 6.04 Å². The fourth-order valence-electron chi connectivity index (χ4n) is 6.56. The van der Waals surface area contributed by atoms with Crippen LogP contribution in [0.2, 0.25) is 0 Å². The molecule has 3 heteroatoms. The Kier molecular flexibility index (Phi) is 3.44. The zero-order valence-corrected chi connectivity index (χ0v) is 14.2. The predicted octanol–water partition coefficient (Wildman–Crippen LogP) is 3.23. The first-order valence-corrected chi connectivity index (χ1v) is 8.70. The van der Waals surface area contributed by atoms with Crippen LogP contribution in [0, 0.1) is 22.7 Å². The van der Waals surface area contributed by atoms with Crippen LogP contribution in [0.4, 0.5) is 0 Å². The minimum absolute atomic E-state index is 0.0363. The maximum absolute atomic E-state index is 12.5. The summed E-state index contributed by atoms with van der Waals surface area (Å²) in [7, 11) is 0. The highest BCUT2D eigenvalue weighted by molar-refractivity contribution is 5.82. The number of amides is 1. The van der Waals surface area contributed by atoms with E-state index in [2.05, 4.69) is 33.0 Å². The zero-order chi connectivity index (χ0) is 15.5. The number of hydrogen-bond donors (Lipinski definition) is 2. The molecule has 0 aliphatic heterocycles. The Morgan fingerprint density at radius 1 is 1.14 bits per heavy atom. The van der Waals surface area contributed by atoms with Gasteiger partial charge in [-0.2, -0.15) is 0 Å². The lowest BCUT2D eigenvalue weighted by molar-refractivity contribution is -0.140. The van der Waals surface area contributed by atoms with Crippen molar-refractivity contribution in [3.05, 3.63) is 0 Å². The molecule has 0 saturated heterocycles. The van der Waals surface area contributed by atoms with Crippen molar-refractivity contribution in [2.75, 3.05) is 0 Å². The van der Waals surface area contributed by atoms with Crippen LogP contribution in [0.15, 0.2) is 0 Å². The first-order chi connectivity index (χ1) is 9.63. The van der Waals surface area contributed by atoms with Gasteiger partial charge in [-0.25, -0.2) is 0 Å². The number of carbonyl (C=O) groups excluding carboxylic acids is 1. The van der Waals surface area contributed by atoms with E-state index in [-0.39, 0.29) is 17.5 Å². The first-order valence-electron chi connectivity index (χ1n) is 8.70. The summed E-state index contributed by atoms with van der Waals surface area (Å²) in [6.45, 7) is 9.12. The Morgan fingerprint density at radius 3 is 2.19 bits per heavy atom. The van der Waals surface area contributed by atoms with E-state index in [9.17, 15) is 4.79 Å². The van der Waals surface area contributed by atoms with Gasteiger partial charge >= 0.3 is 0 Å². The van der Waals surface area contributed by atoms with E-state index < -0.39 is 0 Å². The van der Waals surface area contributed by atoms with E-state index in [1.165, 1.54) is 25.7 Å². The molecule has 0 aromatic rings. The highest BCUT2D eigenvalue weighted by atomic mass is 16.2. The fourth-order valence-corrected chi connectivity index (χ4v) is 6.56. The summed E-state index contributed by atoms with van der Waals surface area (Å²) in [5.41, 5.74) is 7.01. The number of hydrogen-bond acceptors (Lipinski definition) is 2. The van der Waals surface area contributed by atoms with Crippen molar-refractivity contribution in [1.29, 1.82) is 0 Å². The fraction of sp³-hybridized carbons (Fsp3) is 0.944. The molecule has 21 heavy (non-hydrogen) atoms. The highest BCUT2D eigenvalue weighted by Gasteiger charge is 2.60. The lowest BCUT2D eigenvalue weighted by Gasteiger charge is -2.65. The summed E-state index contributed by atoms with van der Waals surface area (Å²) < 4.78 is 0. The molecule has 0 radical (unpaired) electrons. The molecule has 4 fully saturated rings. The van der Waals surface area contributed by atoms with Crippen molar-refractivity contribution < 1.29 is 4.79 Å². The third-order valence-corrected chi connectivity index (χ3v) is 6.08. The Hall–Kier alpha value is -0.570. The van der Waals surface area contributed by atoms with Gasteiger partial charge in [-0.3, -0.25) is 4.79 Å². The summed E-state index contributed by atoms with van der Waals surface area (Å²) in [5.74, 6) is 1.35. The van der Waals surface area contributed by atoms with Crippen LogP contribution >= 0.6 is 0 Å². The molecule has 3 nitrogen and oxygen atoms in total. The second-order valence-electron chi connectivity index (χ2n) is 9.64. The van der Waals surface area contributed by atoms with Gasteiger partial charge in [0, 0.05) is 5.54 Å². The molecular weight excluding hydrogens is 260 g/mol. The monoisotopic (exact) mass is 292 g/mol. The number of nitrogens with two attached hydrogens (primary N) is 1. The van der Waals surface area contributed by atoms with Gasteiger partial charge in [0.15, 0.2) is 0 Å². The quantitative estimate of drug-likeness (QED) is 0.836. The van der Waals surface area contributed by atoms with Gasteiger partial charge in [-0.05, 0) is 67.6 Å². The van der Waals surface area contributed by atoms with E-state index in [1.54, 1.807) is 0 Å². The van der Waals surface area contributed by atoms with Crippen molar-refractivity contribution >= 4 is 5.91 Å². The normalized spacial score (nSPS) is 45.9. The lowest BCUT2D eigenvalue weighted by Crippen LogP contribution is -2.66. The Morgan fingerprint density at radius 2 is 1.71 bits per heavy atom. The zero-order valence-electron chi connectivity index (χ0n) is 14.2. The molecule has 0 aromatic carbocycles. The van der Waals surface area contributed by atoms with Crippen molar-refractivity contribution in [2.24, 2.45) is 28.4 Å². The van der Waals surface area contributed by atoms with Crippen LogP contribution in [-0.2, 0) is 4.79 Å². The molecule has 4 aliphatic rings. The Bertz CT molecular complexity index is 426. The summed E-state index contributed by atoms with van der Waals surface area (Å²) in [6.07, 6.45) is 8.33. The van der Waals surface area contributed by atoms with E-state index in [0.29, 0.717) is 16.7 Å². The van der Waals surface area contributed by atoms with Crippen LogP contribution in [0.3, 0.4) is 0 Å². The van der Waals surface area contributed by atoms with Crippen molar-refractivity contribution in [3.63, 3.8) is 0 Å². The molecule has 4 aliphatic carbocycles. The molecule has 3 atom stereocenters. The second-order valence-corrected chi connectivity index (χ2v) is 9.64. The lowest BCUT2D eigenvalue weighted by atomic mass is 9.43. The largest absolute Gasteiger partial charge is 0.349 e. The SMILES string of the molecule is CC(C)C[C@H](N)C(=O)NC12CC3CC(C)(CC(C)(C3)C1)C2. The maximum atomic E-state index is 12.5. The van der Waals surface area contributed by atoms with Crippen LogP contribution in [0.5, 0.6) is 0 Å². The number of carbonyl (C=O) groups is 1. The van der Waals surface area contributed by atoms with Crippen molar-refractivity contribution in [1.82, 2.24) is 5.32 Å². The molecule has 0 aromatic heterocycles. The van der Waals surface area contributed by atoms with Gasteiger partial charge < -0.3 is 11.1 Å². The van der Waals surface area contributed by atoms with Crippen LogP contribution < -0.4 is 11.1 Å². The molecular formula is C18H32N2O. The standard InChI is InChI=1S/C18H32N2O/c1-12(2)5-14(19)15(21)20-18-8-13-6-16(3,10-18)9-17(4,7-13)11-18/h12-14H,5-11,19H2,1-4H3,(H,20,21)/t13?,14-,16?,17?,18?/m0/s1. The summed E-state index contributed by atoms with van der Waals surface area (Å²) >= 11 is 0. The van der Waals surface area contributed by atoms with E-state index >= 15 is 0 Å². The van der Waals surface area contributed by atoms with Crippen LogP contribution in [-0.4, -0.2) is 17.5 Å². The minimum Gasteiger partial charge on any atom is -0.349 e. The second kappa shape index (κ2) is 4.71. The van der Waals surface area contributed by atoms with Crippen molar-refractivity contribution in [2.45, 2.75) is 84.2 Å². The van der Waals surface area contributed by atoms with E-state index in [0.717, 1.165) is 25.2 Å². The number of rotatable bonds is 4. The average molecular weight is 292 g/mol. The smallest absolute Gasteiger partial charge is 0.237 e. The van der Waals surface area contributed by atoms with Gasteiger partial charge in [0.2, 0.25) is 5.91 Å². The van der Waals surface area contributed by atoms with E-state index in [1.807, 2.05) is 0 Å². The van der Waals surface area contributed by atoms with E-state index in [4.69, 9.17) is 5.73 Å². The van der Waals surface area contributed by atoms with Gasteiger partial charge in [0.25, 0.3) is 0 Å². The Labute approximate surface area is 129 Å². The maximum Gasteiger partial charge on any atom is 0.237 e. The third kappa shape index (κ3) is 2.86. The van der Waals surface area contributed by atoms with Gasteiger partial charge in [0.1, 0.15) is 0 Å². The minimum atomic E-state index is -0.349. The van der Waals surface area contributed by atoms with Crippen molar-refractivity contribution in [3.8, 4) is 0 Å². The van der Waals surface area contributed by atoms with Crippen LogP contribution in [0.25, 0.3) is 0 Å². The molecule has 0 heterocycles. The summed E-state index contributed by atoms with van der Waals surface area (Å²) in [6, 6.07) is -0.349. The molecule has 4 bridgehead atoms. The van der Waals surface area contributed by atoms with Gasteiger partial charge in [-0.15, -0.1) is 0 Å². The summed E-state index contributed by atoms with van der Waals surface area (Å²) in [5, 5.41) is 3.42. The molecule has 2 unspecified atom stereocenters. The summed E-state index contributed by atoms with van der Waals surface area (Å²) in [4.78, 5) is 12.5. The van der Waals surface area contributed by atoms with Crippen LogP contribution in [0.1, 0.15) is 72.6 Å². The highest BCUT2D eigenvalue weighted by Crippen LogP contribution is 2.66. The predicted molar refractivity (Wildman–Crippen MR) is 85.7 cm³/mol. The number of nitrogens with one attached hydrogen (secondary N) is 1. The topological polar surface area (TPSA) is 55.1 Å². The average Bonchev–Trinajstić information content (AvgIpc) is 2.21.